The standard InChI is InChI=1S/C18H26F3N3O6/c1-16(2,3)30-15(28)24-17(14(27)29-4)7-5-10(6-8-17)23-12(18(19,20)21)11(9-22)13(25)26/h9-10,22-23H,5-8H2,1-4H3,(H,24,28)(H,25,26)/b12-11+,22-9?/t10-,17+. The molecule has 0 aliphatic heterocycles. The van der Waals surface area contributed by atoms with Crippen LogP contribution in [0.2, 0.25) is 0 Å². The highest BCUT2D eigenvalue weighted by Gasteiger charge is 2.46. The highest BCUT2D eigenvalue weighted by Crippen LogP contribution is 2.33. The molecule has 1 fully saturated rings. The zero-order valence-electron chi connectivity index (χ0n) is 17.1. The molecule has 30 heavy (non-hydrogen) atoms. The summed E-state index contributed by atoms with van der Waals surface area (Å²) in [5.41, 5.74) is -5.07. The SMILES string of the molecule is COC(=O)[C@]1(NC(=O)OC(C)(C)C)CC[C@@H](N/C(=C(\C=N)C(=O)O)C(F)(F)F)CC1. The van der Waals surface area contributed by atoms with Crippen LogP contribution in [0.25, 0.3) is 0 Å². The molecule has 9 nitrogen and oxygen atoms in total. The van der Waals surface area contributed by atoms with Crippen LogP contribution in [0.15, 0.2) is 11.3 Å². The zero-order chi connectivity index (χ0) is 23.3. The van der Waals surface area contributed by atoms with Gasteiger partial charge in [-0.05, 0) is 46.5 Å². The fourth-order valence-corrected chi connectivity index (χ4v) is 3.09. The minimum atomic E-state index is -5.02. The third kappa shape index (κ3) is 6.63. The maximum absolute atomic E-state index is 13.3. The summed E-state index contributed by atoms with van der Waals surface area (Å²) in [5, 5.41) is 20.5. The van der Waals surface area contributed by atoms with Crippen LogP contribution >= 0.6 is 0 Å². The first-order valence-electron chi connectivity index (χ1n) is 9.06. The van der Waals surface area contributed by atoms with Crippen molar-refractivity contribution in [2.24, 2.45) is 0 Å². The number of carboxylic acids is 1. The van der Waals surface area contributed by atoms with Crippen LogP contribution in [-0.4, -0.2) is 59.8 Å². The molecule has 0 spiro atoms. The summed E-state index contributed by atoms with van der Waals surface area (Å²) in [5.74, 6) is -2.65. The maximum atomic E-state index is 13.3. The largest absolute Gasteiger partial charge is 0.478 e. The summed E-state index contributed by atoms with van der Waals surface area (Å²) in [7, 11) is 1.12. The van der Waals surface area contributed by atoms with Gasteiger partial charge in [0.15, 0.2) is 0 Å². The van der Waals surface area contributed by atoms with E-state index in [0.29, 0.717) is 0 Å². The van der Waals surface area contributed by atoms with E-state index in [0.717, 1.165) is 7.11 Å². The number of amides is 1. The van der Waals surface area contributed by atoms with E-state index in [1.165, 1.54) is 0 Å². The van der Waals surface area contributed by atoms with Gasteiger partial charge >= 0.3 is 24.2 Å². The van der Waals surface area contributed by atoms with Gasteiger partial charge in [-0.2, -0.15) is 13.2 Å². The number of rotatable bonds is 6. The molecule has 0 unspecified atom stereocenters. The Morgan fingerprint density at radius 1 is 1.17 bits per heavy atom. The third-order valence-corrected chi connectivity index (χ3v) is 4.43. The molecule has 0 atom stereocenters. The first-order valence-corrected chi connectivity index (χ1v) is 9.06. The molecule has 0 aromatic rings. The summed E-state index contributed by atoms with van der Waals surface area (Å²) < 4.78 is 49.8. The average Bonchev–Trinajstić information content (AvgIpc) is 2.59. The Hall–Kier alpha value is -2.79. The molecular weight excluding hydrogens is 411 g/mol. The Bertz CT molecular complexity index is 720. The molecule has 1 aliphatic rings. The zero-order valence-corrected chi connectivity index (χ0v) is 17.1. The summed E-state index contributed by atoms with van der Waals surface area (Å²) >= 11 is 0. The van der Waals surface area contributed by atoms with Crippen LogP contribution < -0.4 is 10.6 Å². The topological polar surface area (TPSA) is 138 Å². The molecule has 0 saturated heterocycles. The van der Waals surface area contributed by atoms with Gasteiger partial charge in [-0.3, -0.25) is 0 Å². The van der Waals surface area contributed by atoms with Crippen molar-refractivity contribution in [1.82, 2.24) is 10.6 Å². The van der Waals surface area contributed by atoms with E-state index in [4.69, 9.17) is 20.0 Å². The van der Waals surface area contributed by atoms with Crippen LogP contribution in [0.4, 0.5) is 18.0 Å². The Labute approximate surface area is 171 Å². The second kappa shape index (κ2) is 9.35. The predicted octanol–water partition coefficient (Wildman–Crippen LogP) is 2.51. The number of halogens is 3. The van der Waals surface area contributed by atoms with Crippen LogP contribution in [0.1, 0.15) is 46.5 Å². The van der Waals surface area contributed by atoms with Crippen LogP contribution in [0.5, 0.6) is 0 Å². The lowest BCUT2D eigenvalue weighted by molar-refractivity contribution is -0.150. The highest BCUT2D eigenvalue weighted by atomic mass is 19.4. The van der Waals surface area contributed by atoms with Gasteiger partial charge in [-0.15, -0.1) is 0 Å². The maximum Gasteiger partial charge on any atom is 0.431 e. The lowest BCUT2D eigenvalue weighted by atomic mass is 9.79. The van der Waals surface area contributed by atoms with Gasteiger partial charge in [0.05, 0.1) is 7.11 Å². The van der Waals surface area contributed by atoms with E-state index >= 15 is 0 Å². The fourth-order valence-electron chi connectivity index (χ4n) is 3.09. The molecule has 12 heteroatoms. The predicted molar refractivity (Wildman–Crippen MR) is 99.0 cm³/mol. The van der Waals surface area contributed by atoms with Gasteiger partial charge in [0.2, 0.25) is 0 Å². The minimum absolute atomic E-state index is 0.00459. The molecule has 4 N–H and O–H groups in total. The Morgan fingerprint density at radius 2 is 1.70 bits per heavy atom. The molecule has 1 amide bonds. The smallest absolute Gasteiger partial charge is 0.431 e. The lowest BCUT2D eigenvalue weighted by Crippen LogP contribution is -2.59. The number of allylic oxidation sites excluding steroid dienone is 1. The Balaban J connectivity index is 3.02. The number of carboxylic acid groups (broad SMARTS) is 1. The molecule has 0 heterocycles. The minimum Gasteiger partial charge on any atom is -0.478 e. The number of aliphatic carboxylic acids is 1. The molecule has 170 valence electrons. The molecule has 1 aliphatic carbocycles. The number of methoxy groups -OCH3 is 1. The van der Waals surface area contributed by atoms with Crippen molar-refractivity contribution in [3.05, 3.63) is 11.3 Å². The highest BCUT2D eigenvalue weighted by molar-refractivity contribution is 6.08. The quantitative estimate of drug-likeness (QED) is 0.285. The van der Waals surface area contributed by atoms with Crippen molar-refractivity contribution < 1.29 is 42.1 Å². The fraction of sp³-hybridized carbons (Fsp3) is 0.667. The van der Waals surface area contributed by atoms with Crippen LogP contribution in [0.3, 0.4) is 0 Å². The van der Waals surface area contributed by atoms with E-state index < -0.39 is 52.7 Å². The van der Waals surface area contributed by atoms with E-state index in [9.17, 15) is 27.6 Å². The third-order valence-electron chi connectivity index (χ3n) is 4.43. The molecule has 0 aromatic heterocycles. The number of hydrogen-bond acceptors (Lipinski definition) is 7. The summed E-state index contributed by atoms with van der Waals surface area (Å²) in [6.07, 6.45) is -5.90. The molecule has 0 radical (unpaired) electrons. The number of alkyl carbamates (subject to hydrolysis) is 1. The molecule has 1 rings (SSSR count). The summed E-state index contributed by atoms with van der Waals surface area (Å²) in [4.78, 5) is 35.5. The van der Waals surface area contributed by atoms with E-state index in [2.05, 4.69) is 10.6 Å². The van der Waals surface area contributed by atoms with Crippen LogP contribution in [-0.2, 0) is 19.1 Å². The molecule has 1 saturated carbocycles. The Morgan fingerprint density at radius 3 is 2.07 bits per heavy atom. The second-order valence-electron chi connectivity index (χ2n) is 7.86. The monoisotopic (exact) mass is 437 g/mol. The number of alkyl halides is 3. The molecular formula is C18H26F3N3O6. The molecule has 0 bridgehead atoms. The Kier molecular flexibility index (Phi) is 7.87. The first kappa shape index (κ1) is 25.2. The summed E-state index contributed by atoms with van der Waals surface area (Å²) in [6.45, 7) is 4.89. The van der Waals surface area contributed by atoms with Crippen LogP contribution in [0, 0.1) is 5.41 Å². The number of esters is 1. The lowest BCUT2D eigenvalue weighted by Gasteiger charge is -2.39. The van der Waals surface area contributed by atoms with Crippen molar-refractivity contribution in [3.8, 4) is 0 Å². The van der Waals surface area contributed by atoms with Crippen molar-refractivity contribution in [1.29, 1.82) is 5.41 Å². The van der Waals surface area contributed by atoms with Gasteiger partial charge in [-0.1, -0.05) is 0 Å². The number of nitrogens with one attached hydrogen (secondary N) is 3. The van der Waals surface area contributed by atoms with Crippen molar-refractivity contribution in [2.75, 3.05) is 7.11 Å². The van der Waals surface area contributed by atoms with Gasteiger partial charge < -0.3 is 30.6 Å². The van der Waals surface area contributed by atoms with Gasteiger partial charge in [-0.25, -0.2) is 14.4 Å². The normalized spacial score (nSPS) is 23.0. The number of carbonyl (C=O) groups is 3. The number of hydrogen-bond donors (Lipinski definition) is 4. The van der Waals surface area contributed by atoms with Crippen molar-refractivity contribution in [3.63, 3.8) is 0 Å². The van der Waals surface area contributed by atoms with Gasteiger partial charge in [0, 0.05) is 12.3 Å². The van der Waals surface area contributed by atoms with Crippen molar-refractivity contribution in [2.45, 2.75) is 69.8 Å². The van der Waals surface area contributed by atoms with E-state index in [1.807, 2.05) is 0 Å². The average molecular weight is 437 g/mol. The first-order chi connectivity index (χ1) is 13.6. The van der Waals surface area contributed by atoms with E-state index in [-0.39, 0.29) is 31.9 Å². The van der Waals surface area contributed by atoms with Gasteiger partial charge in [0.1, 0.15) is 22.4 Å². The molecule has 0 aromatic carbocycles. The van der Waals surface area contributed by atoms with Gasteiger partial charge in [0.25, 0.3) is 0 Å². The number of carbonyl (C=O) groups excluding carboxylic acids is 2. The second-order valence-corrected chi connectivity index (χ2v) is 7.86. The number of ether oxygens (including phenoxy) is 2. The van der Waals surface area contributed by atoms with Crippen molar-refractivity contribution >= 4 is 24.2 Å². The van der Waals surface area contributed by atoms with E-state index in [1.54, 1.807) is 20.8 Å². The summed E-state index contributed by atoms with van der Waals surface area (Å²) in [6, 6.07) is -0.839.